The summed E-state index contributed by atoms with van der Waals surface area (Å²) in [6.45, 7) is 0.868. The molecule has 1 N–H and O–H groups in total. The highest BCUT2D eigenvalue weighted by Gasteiger charge is 2.17. The number of carbonyl (C=O) groups excluding carboxylic acids is 2. The first kappa shape index (κ1) is 19.8. The molecule has 0 bridgehead atoms. The Morgan fingerprint density at radius 1 is 1.15 bits per heavy atom. The van der Waals surface area contributed by atoms with E-state index in [1.54, 1.807) is 0 Å². The quantitative estimate of drug-likeness (QED) is 0.771. The molecule has 1 amide bonds. The van der Waals surface area contributed by atoms with Crippen LogP contribution in [0.15, 0.2) is 36.4 Å². The fourth-order valence-electron chi connectivity index (χ4n) is 2.26. The molecule has 0 spiro atoms. The molecule has 2 aromatic rings. The number of carbonyl (C=O) groups is 2. The Morgan fingerprint density at radius 2 is 1.88 bits per heavy atom. The van der Waals surface area contributed by atoms with E-state index in [0.717, 1.165) is 12.1 Å². The summed E-state index contributed by atoms with van der Waals surface area (Å²) in [7, 11) is 0. The van der Waals surface area contributed by atoms with Gasteiger partial charge in [-0.25, -0.2) is 13.2 Å². The SMILES string of the molecule is C[C@H](NC(=O)COC(=O)Cc1c(F)cccc1Cl)c1ccc(F)cc1F. The molecular weight excluding hydrogens is 371 g/mol. The van der Waals surface area contributed by atoms with Gasteiger partial charge in [-0.15, -0.1) is 0 Å². The molecule has 0 aliphatic rings. The summed E-state index contributed by atoms with van der Waals surface area (Å²) < 4.78 is 44.9. The third-order valence-electron chi connectivity index (χ3n) is 3.55. The fourth-order valence-corrected chi connectivity index (χ4v) is 2.49. The Hall–Kier alpha value is -2.54. The molecule has 0 saturated heterocycles. The summed E-state index contributed by atoms with van der Waals surface area (Å²) in [4.78, 5) is 23.6. The molecule has 0 radical (unpaired) electrons. The lowest BCUT2D eigenvalue weighted by Crippen LogP contribution is -2.31. The maximum absolute atomic E-state index is 13.7. The zero-order chi connectivity index (χ0) is 19.3. The van der Waals surface area contributed by atoms with Crippen LogP contribution in [0.4, 0.5) is 13.2 Å². The molecule has 26 heavy (non-hydrogen) atoms. The van der Waals surface area contributed by atoms with E-state index in [0.29, 0.717) is 6.07 Å². The summed E-state index contributed by atoms with van der Waals surface area (Å²) >= 11 is 5.81. The Bertz CT molecular complexity index is 809. The maximum atomic E-state index is 13.7. The predicted molar refractivity (Wildman–Crippen MR) is 89.0 cm³/mol. The van der Waals surface area contributed by atoms with Crippen LogP contribution < -0.4 is 5.32 Å². The van der Waals surface area contributed by atoms with Crippen molar-refractivity contribution in [1.29, 1.82) is 0 Å². The van der Waals surface area contributed by atoms with Gasteiger partial charge in [0.05, 0.1) is 12.5 Å². The Morgan fingerprint density at radius 3 is 2.54 bits per heavy atom. The Kier molecular flexibility index (Phi) is 6.63. The van der Waals surface area contributed by atoms with Gasteiger partial charge >= 0.3 is 5.97 Å². The molecule has 0 unspecified atom stereocenters. The first-order valence-electron chi connectivity index (χ1n) is 7.60. The standard InChI is InChI=1S/C18H15ClF3NO3/c1-10(12-6-5-11(20)7-16(12)22)23-17(24)9-26-18(25)8-13-14(19)3-2-4-15(13)21/h2-7,10H,8-9H2,1H3,(H,23,24)/t10-/m0/s1. The van der Waals surface area contributed by atoms with E-state index in [-0.39, 0.29) is 16.1 Å². The van der Waals surface area contributed by atoms with Gasteiger partial charge in [-0.1, -0.05) is 23.7 Å². The number of rotatable bonds is 6. The lowest BCUT2D eigenvalue weighted by atomic mass is 10.1. The van der Waals surface area contributed by atoms with Crippen LogP contribution in [0.1, 0.15) is 24.1 Å². The van der Waals surface area contributed by atoms with Gasteiger partial charge < -0.3 is 10.1 Å². The van der Waals surface area contributed by atoms with Gasteiger partial charge in [0.2, 0.25) is 0 Å². The zero-order valence-corrected chi connectivity index (χ0v) is 14.4. The number of hydrogen-bond donors (Lipinski definition) is 1. The highest BCUT2D eigenvalue weighted by Crippen LogP contribution is 2.20. The normalized spacial score (nSPS) is 11.7. The smallest absolute Gasteiger partial charge is 0.310 e. The summed E-state index contributed by atoms with van der Waals surface area (Å²) in [5, 5.41) is 2.50. The van der Waals surface area contributed by atoms with Crippen LogP contribution in [-0.4, -0.2) is 18.5 Å². The molecular formula is C18H15ClF3NO3. The molecule has 0 aliphatic carbocycles. The number of halogens is 4. The summed E-state index contributed by atoms with van der Waals surface area (Å²) in [5.41, 5.74) is 0.0607. The van der Waals surface area contributed by atoms with Gasteiger partial charge in [-0.05, 0) is 25.1 Å². The van der Waals surface area contributed by atoms with Crippen molar-refractivity contribution in [3.8, 4) is 0 Å². The number of amides is 1. The predicted octanol–water partition coefficient (Wildman–Crippen LogP) is 3.72. The van der Waals surface area contributed by atoms with Crippen LogP contribution in [0.25, 0.3) is 0 Å². The summed E-state index contributed by atoms with van der Waals surface area (Å²) in [6, 6.07) is 6.20. The monoisotopic (exact) mass is 385 g/mol. The van der Waals surface area contributed by atoms with Gasteiger partial charge in [0.1, 0.15) is 17.5 Å². The van der Waals surface area contributed by atoms with Gasteiger partial charge in [-0.3, -0.25) is 9.59 Å². The average molecular weight is 386 g/mol. The van der Waals surface area contributed by atoms with Crippen molar-refractivity contribution < 1.29 is 27.5 Å². The van der Waals surface area contributed by atoms with E-state index in [1.807, 2.05) is 0 Å². The van der Waals surface area contributed by atoms with E-state index in [9.17, 15) is 22.8 Å². The van der Waals surface area contributed by atoms with Crippen LogP contribution in [-0.2, 0) is 20.7 Å². The summed E-state index contributed by atoms with van der Waals surface area (Å²) in [6.07, 6.45) is -0.430. The molecule has 0 aromatic heterocycles. The topological polar surface area (TPSA) is 55.4 Å². The lowest BCUT2D eigenvalue weighted by molar-refractivity contribution is -0.148. The molecule has 4 nitrogen and oxygen atoms in total. The van der Waals surface area contributed by atoms with Gasteiger partial charge in [0, 0.05) is 22.2 Å². The molecule has 2 rings (SSSR count). The molecule has 138 valence electrons. The first-order chi connectivity index (χ1) is 12.3. The number of ether oxygens (including phenoxy) is 1. The van der Waals surface area contributed by atoms with Crippen LogP contribution in [0, 0.1) is 17.5 Å². The van der Waals surface area contributed by atoms with E-state index >= 15 is 0 Å². The van der Waals surface area contributed by atoms with Crippen molar-refractivity contribution in [3.63, 3.8) is 0 Å². The minimum Gasteiger partial charge on any atom is -0.455 e. The second kappa shape index (κ2) is 8.71. The van der Waals surface area contributed by atoms with E-state index in [1.165, 1.54) is 25.1 Å². The third kappa shape index (κ3) is 5.23. The number of nitrogens with one attached hydrogen (secondary N) is 1. The highest BCUT2D eigenvalue weighted by atomic mass is 35.5. The van der Waals surface area contributed by atoms with Crippen molar-refractivity contribution in [2.45, 2.75) is 19.4 Å². The van der Waals surface area contributed by atoms with Crippen molar-refractivity contribution in [2.75, 3.05) is 6.61 Å². The second-order valence-electron chi connectivity index (χ2n) is 5.49. The fraction of sp³-hybridized carbons (Fsp3) is 0.222. The molecule has 8 heteroatoms. The minimum atomic E-state index is -0.840. The van der Waals surface area contributed by atoms with Crippen LogP contribution >= 0.6 is 11.6 Å². The first-order valence-corrected chi connectivity index (χ1v) is 7.98. The molecule has 2 aromatic carbocycles. The Balaban J connectivity index is 1.87. The van der Waals surface area contributed by atoms with Gasteiger partial charge in [0.15, 0.2) is 6.61 Å². The van der Waals surface area contributed by atoms with Crippen molar-refractivity contribution in [1.82, 2.24) is 5.32 Å². The van der Waals surface area contributed by atoms with Crippen LogP contribution in [0.2, 0.25) is 5.02 Å². The van der Waals surface area contributed by atoms with Crippen molar-refractivity contribution in [2.24, 2.45) is 0 Å². The molecule has 1 atom stereocenters. The number of benzene rings is 2. The molecule has 0 saturated carbocycles. The lowest BCUT2D eigenvalue weighted by Gasteiger charge is -2.15. The molecule has 0 fully saturated rings. The molecule has 0 aliphatic heterocycles. The number of esters is 1. The second-order valence-corrected chi connectivity index (χ2v) is 5.90. The highest BCUT2D eigenvalue weighted by molar-refractivity contribution is 6.31. The van der Waals surface area contributed by atoms with E-state index in [2.05, 4.69) is 5.32 Å². The largest absolute Gasteiger partial charge is 0.455 e. The van der Waals surface area contributed by atoms with Crippen molar-refractivity contribution in [3.05, 3.63) is 70.0 Å². The van der Waals surface area contributed by atoms with Crippen LogP contribution in [0.3, 0.4) is 0 Å². The van der Waals surface area contributed by atoms with Gasteiger partial charge in [0.25, 0.3) is 5.91 Å². The zero-order valence-electron chi connectivity index (χ0n) is 13.7. The van der Waals surface area contributed by atoms with E-state index < -0.39 is 48.4 Å². The van der Waals surface area contributed by atoms with E-state index in [4.69, 9.17) is 16.3 Å². The Labute approximate surface area is 152 Å². The van der Waals surface area contributed by atoms with Crippen LogP contribution in [0.5, 0.6) is 0 Å². The molecule has 0 heterocycles. The third-order valence-corrected chi connectivity index (χ3v) is 3.91. The maximum Gasteiger partial charge on any atom is 0.310 e. The summed E-state index contributed by atoms with van der Waals surface area (Å²) in [5.74, 6) is -3.71. The van der Waals surface area contributed by atoms with Gasteiger partial charge in [-0.2, -0.15) is 0 Å². The number of hydrogen-bond acceptors (Lipinski definition) is 3. The van der Waals surface area contributed by atoms with Crippen molar-refractivity contribution >= 4 is 23.5 Å². The minimum absolute atomic E-state index is 0.0265. The average Bonchev–Trinajstić information content (AvgIpc) is 2.56.